The van der Waals surface area contributed by atoms with E-state index in [1.165, 1.54) is 15.8 Å². The van der Waals surface area contributed by atoms with E-state index in [2.05, 4.69) is 30.9 Å². The Morgan fingerprint density at radius 2 is 1.70 bits per heavy atom. The van der Waals surface area contributed by atoms with E-state index < -0.39 is 0 Å². The summed E-state index contributed by atoms with van der Waals surface area (Å²) in [6.07, 6.45) is 0. The van der Waals surface area contributed by atoms with Crippen molar-refractivity contribution in [3.63, 3.8) is 0 Å². The summed E-state index contributed by atoms with van der Waals surface area (Å²) in [5.41, 5.74) is 3.57. The molecule has 1 fully saturated rings. The van der Waals surface area contributed by atoms with E-state index in [1.807, 2.05) is 36.1 Å². The average molecular weight is 426 g/mol. The van der Waals surface area contributed by atoms with Crippen LogP contribution in [-0.4, -0.2) is 55.2 Å². The molecule has 0 spiro atoms. The molecule has 4 rings (SSSR count). The number of thiazole rings is 1. The second-order valence-corrected chi connectivity index (χ2v) is 8.46. The lowest BCUT2D eigenvalue weighted by molar-refractivity contribution is -0.133. The molecule has 1 aromatic heterocycles. The maximum Gasteiger partial charge on any atom is 0.260 e. The van der Waals surface area contributed by atoms with E-state index in [0.29, 0.717) is 25.4 Å². The molecule has 1 aliphatic heterocycles. The van der Waals surface area contributed by atoms with Gasteiger partial charge in [-0.1, -0.05) is 17.4 Å². The number of benzene rings is 2. The second-order valence-electron chi connectivity index (χ2n) is 7.49. The minimum absolute atomic E-state index is 0.0132. The summed E-state index contributed by atoms with van der Waals surface area (Å²) in [7, 11) is 0. The molecule has 0 atom stereocenters. The molecule has 0 unspecified atom stereocenters. The first-order valence-electron chi connectivity index (χ1n) is 10.3. The highest BCUT2D eigenvalue weighted by Crippen LogP contribution is 2.32. The number of hydrogen-bond donors (Lipinski definition) is 0. The van der Waals surface area contributed by atoms with Gasteiger partial charge in [0.1, 0.15) is 11.5 Å². The van der Waals surface area contributed by atoms with Crippen LogP contribution in [0.3, 0.4) is 0 Å². The van der Waals surface area contributed by atoms with Crippen molar-refractivity contribution in [2.75, 3.05) is 44.3 Å². The number of hydrogen-bond acceptors (Lipinski definition) is 6. The smallest absolute Gasteiger partial charge is 0.260 e. The van der Waals surface area contributed by atoms with Gasteiger partial charge < -0.3 is 19.3 Å². The van der Waals surface area contributed by atoms with Crippen molar-refractivity contribution >= 4 is 32.6 Å². The summed E-state index contributed by atoms with van der Waals surface area (Å²) in [5, 5.41) is 1.04. The molecule has 1 amide bonds. The Balaban J connectivity index is 1.30. The molecule has 0 N–H and O–H groups in total. The molecule has 1 saturated heterocycles. The van der Waals surface area contributed by atoms with Crippen LogP contribution in [-0.2, 0) is 4.79 Å². The van der Waals surface area contributed by atoms with Crippen molar-refractivity contribution in [2.45, 2.75) is 20.8 Å². The predicted molar refractivity (Wildman–Crippen MR) is 121 cm³/mol. The lowest BCUT2D eigenvalue weighted by atomic mass is 10.1. The standard InChI is InChI=1S/C23H27N3O3S/c1-4-28-18-5-7-19(8-6-18)29-15-21(27)25-9-11-26(12-10-25)23-24-20-14-16(2)13-17(3)22(20)30-23/h5-8,13-14H,4,9-12,15H2,1-3H3. The number of rotatable bonds is 6. The third kappa shape index (κ3) is 4.51. The van der Waals surface area contributed by atoms with Crippen LogP contribution in [0.2, 0.25) is 0 Å². The highest BCUT2D eigenvalue weighted by atomic mass is 32.1. The Bertz CT molecular complexity index is 1020. The highest BCUT2D eigenvalue weighted by Gasteiger charge is 2.23. The molecule has 2 heterocycles. The van der Waals surface area contributed by atoms with Gasteiger partial charge >= 0.3 is 0 Å². The number of amides is 1. The van der Waals surface area contributed by atoms with Crippen molar-refractivity contribution in [2.24, 2.45) is 0 Å². The van der Waals surface area contributed by atoms with Crippen LogP contribution in [0.25, 0.3) is 10.2 Å². The molecule has 0 saturated carbocycles. The SMILES string of the molecule is CCOc1ccc(OCC(=O)N2CCN(c3nc4cc(C)cc(C)c4s3)CC2)cc1. The zero-order valence-electron chi connectivity index (χ0n) is 17.7. The number of piperazine rings is 1. The van der Waals surface area contributed by atoms with Gasteiger partial charge in [0.25, 0.3) is 5.91 Å². The summed E-state index contributed by atoms with van der Waals surface area (Å²) in [4.78, 5) is 21.5. The van der Waals surface area contributed by atoms with E-state index >= 15 is 0 Å². The molecular formula is C23H27N3O3S. The zero-order valence-corrected chi connectivity index (χ0v) is 18.5. The maximum absolute atomic E-state index is 12.6. The summed E-state index contributed by atoms with van der Waals surface area (Å²) >= 11 is 1.74. The van der Waals surface area contributed by atoms with Crippen LogP contribution >= 0.6 is 11.3 Å². The summed E-state index contributed by atoms with van der Waals surface area (Å²) < 4.78 is 12.3. The normalized spacial score (nSPS) is 14.2. The average Bonchev–Trinajstić information content (AvgIpc) is 3.18. The van der Waals surface area contributed by atoms with E-state index in [-0.39, 0.29) is 12.5 Å². The molecule has 0 bridgehead atoms. The Labute approximate surface area is 181 Å². The first kappa shape index (κ1) is 20.5. The number of nitrogens with zero attached hydrogens (tertiary/aromatic N) is 3. The number of fused-ring (bicyclic) bond motifs is 1. The quantitative estimate of drug-likeness (QED) is 0.597. The van der Waals surface area contributed by atoms with Crippen molar-refractivity contribution in [1.82, 2.24) is 9.88 Å². The van der Waals surface area contributed by atoms with E-state index in [0.717, 1.165) is 29.5 Å². The zero-order chi connectivity index (χ0) is 21.1. The number of aromatic nitrogens is 1. The molecule has 2 aromatic carbocycles. The fraction of sp³-hybridized carbons (Fsp3) is 0.391. The van der Waals surface area contributed by atoms with E-state index in [4.69, 9.17) is 14.5 Å². The van der Waals surface area contributed by atoms with Crippen LogP contribution in [0.4, 0.5) is 5.13 Å². The van der Waals surface area contributed by atoms with Gasteiger partial charge in [-0.3, -0.25) is 4.79 Å². The van der Waals surface area contributed by atoms with Crippen LogP contribution in [0.1, 0.15) is 18.1 Å². The van der Waals surface area contributed by atoms with Gasteiger partial charge in [-0.25, -0.2) is 4.98 Å². The van der Waals surface area contributed by atoms with Crippen LogP contribution in [0, 0.1) is 13.8 Å². The Kier molecular flexibility index (Phi) is 6.08. The third-order valence-corrected chi connectivity index (χ3v) is 6.48. The van der Waals surface area contributed by atoms with E-state index in [1.54, 1.807) is 11.3 Å². The molecule has 1 aliphatic rings. The molecule has 6 nitrogen and oxygen atoms in total. The van der Waals surface area contributed by atoms with Crippen molar-refractivity contribution in [3.05, 3.63) is 47.5 Å². The van der Waals surface area contributed by atoms with Crippen molar-refractivity contribution in [3.8, 4) is 11.5 Å². The fourth-order valence-corrected chi connectivity index (χ4v) is 4.75. The van der Waals surface area contributed by atoms with Gasteiger partial charge in [-0.05, 0) is 62.2 Å². The topological polar surface area (TPSA) is 54.9 Å². The number of aryl methyl sites for hydroxylation is 2. The fourth-order valence-electron chi connectivity index (χ4n) is 3.68. The van der Waals surface area contributed by atoms with Crippen LogP contribution in [0.15, 0.2) is 36.4 Å². The number of carbonyl (C=O) groups is 1. The summed E-state index contributed by atoms with van der Waals surface area (Å²) in [6.45, 7) is 9.79. The highest BCUT2D eigenvalue weighted by molar-refractivity contribution is 7.22. The second kappa shape index (κ2) is 8.92. The molecule has 158 valence electrons. The molecule has 3 aromatic rings. The Hall–Kier alpha value is -2.80. The third-order valence-electron chi connectivity index (χ3n) is 5.21. The molecule has 0 aliphatic carbocycles. The van der Waals surface area contributed by atoms with Crippen LogP contribution in [0.5, 0.6) is 11.5 Å². The lowest BCUT2D eigenvalue weighted by Crippen LogP contribution is -2.50. The lowest BCUT2D eigenvalue weighted by Gasteiger charge is -2.34. The minimum atomic E-state index is 0.0132. The van der Waals surface area contributed by atoms with E-state index in [9.17, 15) is 4.79 Å². The maximum atomic E-state index is 12.6. The number of ether oxygens (including phenoxy) is 2. The van der Waals surface area contributed by atoms with Gasteiger partial charge in [0.05, 0.1) is 16.8 Å². The van der Waals surface area contributed by atoms with Crippen molar-refractivity contribution < 1.29 is 14.3 Å². The Morgan fingerprint density at radius 1 is 1.03 bits per heavy atom. The monoisotopic (exact) mass is 425 g/mol. The molecule has 0 radical (unpaired) electrons. The first-order valence-corrected chi connectivity index (χ1v) is 11.1. The largest absolute Gasteiger partial charge is 0.494 e. The predicted octanol–water partition coefficient (Wildman–Crippen LogP) is 4.04. The molecule has 30 heavy (non-hydrogen) atoms. The van der Waals surface area contributed by atoms with Gasteiger partial charge in [0.15, 0.2) is 11.7 Å². The number of anilines is 1. The van der Waals surface area contributed by atoms with Crippen molar-refractivity contribution in [1.29, 1.82) is 0 Å². The van der Waals surface area contributed by atoms with Crippen LogP contribution < -0.4 is 14.4 Å². The summed E-state index contributed by atoms with van der Waals surface area (Å²) in [6, 6.07) is 11.7. The minimum Gasteiger partial charge on any atom is -0.494 e. The van der Waals surface area contributed by atoms with Gasteiger partial charge in [-0.2, -0.15) is 0 Å². The molecular weight excluding hydrogens is 398 g/mol. The number of carbonyl (C=O) groups excluding carboxylic acids is 1. The Morgan fingerprint density at radius 3 is 2.37 bits per heavy atom. The van der Waals surface area contributed by atoms with Gasteiger partial charge in [-0.15, -0.1) is 0 Å². The molecule has 7 heteroatoms. The van der Waals surface area contributed by atoms with Gasteiger partial charge in [0.2, 0.25) is 0 Å². The first-order chi connectivity index (χ1) is 14.5. The summed E-state index contributed by atoms with van der Waals surface area (Å²) in [5.74, 6) is 1.48. The van der Waals surface area contributed by atoms with Gasteiger partial charge in [0, 0.05) is 26.2 Å².